The molecule has 0 radical (unpaired) electrons. The zero-order chi connectivity index (χ0) is 23.3. The molecule has 3 aromatic carbocycles. The van der Waals surface area contributed by atoms with E-state index in [1.807, 2.05) is 37.3 Å². The number of halogens is 1. The molecule has 32 heavy (non-hydrogen) atoms. The molecule has 3 rings (SSSR count). The Labute approximate surface area is 194 Å². The molecule has 0 unspecified atom stereocenters. The summed E-state index contributed by atoms with van der Waals surface area (Å²) in [6, 6.07) is 20.3. The van der Waals surface area contributed by atoms with Gasteiger partial charge in [0, 0.05) is 24.2 Å². The highest BCUT2D eigenvalue weighted by Crippen LogP contribution is 2.26. The summed E-state index contributed by atoms with van der Waals surface area (Å²) in [6.45, 7) is 1.80. The van der Waals surface area contributed by atoms with Crippen LogP contribution in [0.1, 0.15) is 11.1 Å². The van der Waals surface area contributed by atoms with Crippen molar-refractivity contribution in [3.8, 4) is 5.75 Å². The molecular formula is C24H25ClN2O4S. The molecule has 0 aliphatic carbocycles. The average molecular weight is 473 g/mol. The van der Waals surface area contributed by atoms with Crippen molar-refractivity contribution in [1.29, 1.82) is 0 Å². The number of hydrogen-bond acceptors (Lipinski definition) is 4. The summed E-state index contributed by atoms with van der Waals surface area (Å²) in [5.41, 5.74) is 2.13. The number of aryl methyl sites for hydroxylation is 1. The van der Waals surface area contributed by atoms with E-state index in [4.69, 9.17) is 16.3 Å². The second-order valence-electron chi connectivity index (χ2n) is 7.37. The van der Waals surface area contributed by atoms with Crippen LogP contribution in [0.15, 0.2) is 77.7 Å². The summed E-state index contributed by atoms with van der Waals surface area (Å²) in [5, 5.41) is 0.429. The second kappa shape index (κ2) is 10.1. The molecule has 0 aliphatic rings. The molecular weight excluding hydrogens is 448 g/mol. The monoisotopic (exact) mass is 472 g/mol. The lowest BCUT2D eigenvalue weighted by Crippen LogP contribution is -2.41. The Balaban J connectivity index is 1.92. The lowest BCUT2D eigenvalue weighted by Gasteiger charge is -2.27. The Morgan fingerprint density at radius 2 is 1.69 bits per heavy atom. The maximum absolute atomic E-state index is 13.5. The van der Waals surface area contributed by atoms with Crippen molar-refractivity contribution in [3.63, 3.8) is 0 Å². The van der Waals surface area contributed by atoms with Crippen molar-refractivity contribution in [3.05, 3.63) is 88.9 Å². The Morgan fingerprint density at radius 3 is 2.34 bits per heavy atom. The number of rotatable bonds is 8. The first-order valence-electron chi connectivity index (χ1n) is 9.93. The van der Waals surface area contributed by atoms with E-state index >= 15 is 0 Å². The third kappa shape index (κ3) is 5.41. The van der Waals surface area contributed by atoms with Gasteiger partial charge in [0.2, 0.25) is 5.91 Å². The van der Waals surface area contributed by atoms with Crippen LogP contribution in [0.25, 0.3) is 0 Å². The summed E-state index contributed by atoms with van der Waals surface area (Å²) < 4.78 is 33.4. The highest BCUT2D eigenvalue weighted by atomic mass is 35.5. The fourth-order valence-electron chi connectivity index (χ4n) is 3.25. The highest BCUT2D eigenvalue weighted by molar-refractivity contribution is 7.92. The van der Waals surface area contributed by atoms with Crippen LogP contribution in [0.2, 0.25) is 5.02 Å². The zero-order valence-corrected chi connectivity index (χ0v) is 19.7. The maximum atomic E-state index is 13.5. The van der Waals surface area contributed by atoms with E-state index in [0.717, 1.165) is 15.4 Å². The molecule has 1 amide bonds. The van der Waals surface area contributed by atoms with Gasteiger partial charge in [0.15, 0.2) is 0 Å². The number of likely N-dealkylation sites (N-methyl/N-ethyl adjacent to an activating group) is 1. The summed E-state index contributed by atoms with van der Waals surface area (Å²) >= 11 is 5.93. The Kier molecular flexibility index (Phi) is 7.43. The van der Waals surface area contributed by atoms with Gasteiger partial charge in [-0.25, -0.2) is 8.42 Å². The normalized spacial score (nSPS) is 11.1. The quantitative estimate of drug-likeness (QED) is 0.483. The van der Waals surface area contributed by atoms with E-state index in [-0.39, 0.29) is 23.9 Å². The number of para-hydroxylation sites is 1. The number of amides is 1. The molecule has 0 N–H and O–H groups in total. The molecule has 0 fully saturated rings. The van der Waals surface area contributed by atoms with Crippen LogP contribution in [-0.2, 0) is 21.4 Å². The first kappa shape index (κ1) is 23.6. The molecule has 0 heterocycles. The number of nitrogens with zero attached hydrogens (tertiary/aromatic N) is 2. The molecule has 0 spiro atoms. The number of hydrogen-bond donors (Lipinski definition) is 0. The van der Waals surface area contributed by atoms with Crippen molar-refractivity contribution in [2.24, 2.45) is 0 Å². The van der Waals surface area contributed by atoms with E-state index in [2.05, 4.69) is 0 Å². The largest absolute Gasteiger partial charge is 0.496 e. The first-order chi connectivity index (χ1) is 15.2. The van der Waals surface area contributed by atoms with Crippen LogP contribution < -0.4 is 9.04 Å². The number of methoxy groups -OCH3 is 1. The minimum Gasteiger partial charge on any atom is -0.496 e. The van der Waals surface area contributed by atoms with E-state index in [0.29, 0.717) is 16.5 Å². The van der Waals surface area contributed by atoms with Gasteiger partial charge in [-0.05, 0) is 55.0 Å². The fourth-order valence-corrected chi connectivity index (χ4v) is 4.78. The number of benzene rings is 3. The van der Waals surface area contributed by atoms with Crippen molar-refractivity contribution in [2.75, 3.05) is 25.0 Å². The van der Waals surface area contributed by atoms with E-state index in [1.54, 1.807) is 32.4 Å². The third-order valence-corrected chi connectivity index (χ3v) is 7.04. The SMILES string of the molecule is COc1ccccc1CN(C)C(=O)CN(c1cccc(C)c1)S(=O)(=O)c1ccc(Cl)cc1. The zero-order valence-electron chi connectivity index (χ0n) is 18.2. The highest BCUT2D eigenvalue weighted by Gasteiger charge is 2.28. The van der Waals surface area contributed by atoms with Gasteiger partial charge in [0.25, 0.3) is 10.0 Å². The lowest BCUT2D eigenvalue weighted by atomic mass is 10.2. The van der Waals surface area contributed by atoms with Gasteiger partial charge >= 0.3 is 0 Å². The third-order valence-electron chi connectivity index (χ3n) is 5.00. The number of sulfonamides is 1. The van der Waals surface area contributed by atoms with Gasteiger partial charge in [-0.15, -0.1) is 0 Å². The van der Waals surface area contributed by atoms with Crippen molar-refractivity contribution in [1.82, 2.24) is 4.90 Å². The van der Waals surface area contributed by atoms with Crippen LogP contribution in [0.5, 0.6) is 5.75 Å². The van der Waals surface area contributed by atoms with Gasteiger partial charge in [-0.1, -0.05) is 41.9 Å². The Bertz CT molecular complexity index is 1200. The summed E-state index contributed by atoms with van der Waals surface area (Å²) in [5.74, 6) is 0.312. The molecule has 0 saturated carbocycles. The average Bonchev–Trinajstić information content (AvgIpc) is 2.77. The van der Waals surface area contributed by atoms with Crippen molar-refractivity contribution >= 4 is 33.2 Å². The molecule has 0 aromatic heterocycles. The number of anilines is 1. The van der Waals surface area contributed by atoms with Crippen LogP contribution in [0.3, 0.4) is 0 Å². The standard InChI is InChI=1S/C24H25ClN2O4S/c1-18-7-6-9-21(15-18)27(32(29,30)22-13-11-20(25)12-14-22)17-24(28)26(2)16-19-8-4-5-10-23(19)31-3/h4-15H,16-17H2,1-3H3. The number of carbonyl (C=O) groups excluding carboxylic acids is 1. The van der Waals surface area contributed by atoms with Crippen molar-refractivity contribution < 1.29 is 17.9 Å². The minimum atomic E-state index is -4.00. The molecule has 0 saturated heterocycles. The first-order valence-corrected chi connectivity index (χ1v) is 11.7. The fraction of sp³-hybridized carbons (Fsp3) is 0.208. The van der Waals surface area contributed by atoms with Gasteiger partial charge < -0.3 is 9.64 Å². The molecule has 3 aromatic rings. The Hall–Kier alpha value is -3.03. The smallest absolute Gasteiger partial charge is 0.264 e. The predicted molar refractivity (Wildman–Crippen MR) is 127 cm³/mol. The molecule has 0 bridgehead atoms. The van der Waals surface area contributed by atoms with Crippen LogP contribution in [0, 0.1) is 6.92 Å². The molecule has 0 aliphatic heterocycles. The van der Waals surface area contributed by atoms with Crippen molar-refractivity contribution in [2.45, 2.75) is 18.4 Å². The second-order valence-corrected chi connectivity index (χ2v) is 9.66. The van der Waals surface area contributed by atoms with Gasteiger partial charge in [-0.3, -0.25) is 9.10 Å². The van der Waals surface area contributed by atoms with Crippen LogP contribution in [0.4, 0.5) is 5.69 Å². The summed E-state index contributed by atoms with van der Waals surface area (Å²) in [7, 11) is -0.794. The summed E-state index contributed by atoms with van der Waals surface area (Å²) in [4.78, 5) is 14.6. The molecule has 6 nitrogen and oxygen atoms in total. The maximum Gasteiger partial charge on any atom is 0.264 e. The van der Waals surface area contributed by atoms with E-state index in [9.17, 15) is 13.2 Å². The molecule has 168 valence electrons. The Morgan fingerprint density at radius 1 is 1.00 bits per heavy atom. The van der Waals surface area contributed by atoms with Crippen LogP contribution >= 0.6 is 11.6 Å². The van der Waals surface area contributed by atoms with Gasteiger partial charge in [-0.2, -0.15) is 0 Å². The molecule has 8 heteroatoms. The van der Waals surface area contributed by atoms with Gasteiger partial charge in [0.05, 0.1) is 17.7 Å². The van der Waals surface area contributed by atoms with Crippen LogP contribution in [-0.4, -0.2) is 39.9 Å². The topological polar surface area (TPSA) is 66.9 Å². The lowest BCUT2D eigenvalue weighted by molar-refractivity contribution is -0.128. The van der Waals surface area contributed by atoms with E-state index < -0.39 is 10.0 Å². The van der Waals surface area contributed by atoms with Gasteiger partial charge in [0.1, 0.15) is 12.3 Å². The van der Waals surface area contributed by atoms with E-state index in [1.165, 1.54) is 29.2 Å². The summed E-state index contributed by atoms with van der Waals surface area (Å²) in [6.07, 6.45) is 0. The number of carbonyl (C=O) groups is 1. The molecule has 0 atom stereocenters. The number of ether oxygens (including phenoxy) is 1. The predicted octanol–water partition coefficient (Wildman–Crippen LogP) is 4.51. The minimum absolute atomic E-state index is 0.0589.